The molecule has 0 radical (unpaired) electrons. The molecule has 0 atom stereocenters. The fourth-order valence-electron chi connectivity index (χ4n) is 1.96. The van der Waals surface area contributed by atoms with Gasteiger partial charge in [0, 0.05) is 5.56 Å². The van der Waals surface area contributed by atoms with E-state index < -0.39 is 0 Å². The Morgan fingerprint density at radius 3 is 2.90 bits per heavy atom. The van der Waals surface area contributed by atoms with Gasteiger partial charge in [0.15, 0.2) is 0 Å². The Morgan fingerprint density at radius 1 is 1.35 bits per heavy atom. The molecule has 3 aromatic rings. The van der Waals surface area contributed by atoms with E-state index in [1.165, 1.54) is 29.4 Å². The Hall–Kier alpha value is -2.10. The van der Waals surface area contributed by atoms with E-state index in [-0.39, 0.29) is 5.56 Å². The van der Waals surface area contributed by atoms with Crippen molar-refractivity contribution in [1.82, 2.24) is 9.97 Å². The largest absolute Gasteiger partial charge is 0.312 e. The van der Waals surface area contributed by atoms with Crippen molar-refractivity contribution in [2.75, 3.05) is 5.75 Å². The van der Waals surface area contributed by atoms with Crippen molar-refractivity contribution >= 4 is 33.3 Å². The van der Waals surface area contributed by atoms with Crippen LogP contribution >= 0.6 is 23.1 Å². The molecule has 0 unspecified atom stereocenters. The van der Waals surface area contributed by atoms with Gasteiger partial charge in [0.2, 0.25) is 0 Å². The molecule has 0 amide bonds. The van der Waals surface area contributed by atoms with Crippen LogP contribution in [-0.4, -0.2) is 15.7 Å². The van der Waals surface area contributed by atoms with Crippen molar-refractivity contribution in [3.8, 4) is 17.2 Å². The molecule has 0 fully saturated rings. The summed E-state index contributed by atoms with van der Waals surface area (Å²) < 4.78 is 1.56. The molecule has 0 aliphatic carbocycles. The van der Waals surface area contributed by atoms with E-state index >= 15 is 0 Å². The highest BCUT2D eigenvalue weighted by molar-refractivity contribution is 8.01. The number of nitrogens with zero attached hydrogens (tertiary/aromatic N) is 2. The normalized spacial score (nSPS) is 10.6. The molecule has 4 nitrogen and oxygen atoms in total. The molecule has 2 heterocycles. The van der Waals surface area contributed by atoms with Gasteiger partial charge in [-0.05, 0) is 5.56 Å². The summed E-state index contributed by atoms with van der Waals surface area (Å²) in [4.78, 5) is 18.8. The average Bonchev–Trinajstić information content (AvgIpc) is 2.86. The average molecular weight is 299 g/mol. The lowest BCUT2D eigenvalue weighted by atomic mass is 10.1. The van der Waals surface area contributed by atoms with E-state index in [1.54, 1.807) is 0 Å². The van der Waals surface area contributed by atoms with Gasteiger partial charge < -0.3 is 4.98 Å². The Balaban J connectivity index is 2.29. The zero-order valence-corrected chi connectivity index (χ0v) is 11.9. The predicted molar refractivity (Wildman–Crippen MR) is 82.0 cm³/mol. The first-order valence-corrected chi connectivity index (χ1v) is 7.67. The van der Waals surface area contributed by atoms with Gasteiger partial charge in [-0.15, -0.1) is 11.3 Å². The smallest absolute Gasteiger partial charge is 0.268 e. The molecule has 20 heavy (non-hydrogen) atoms. The summed E-state index contributed by atoms with van der Waals surface area (Å²) in [5, 5.41) is 8.77. The molecule has 0 spiro atoms. The van der Waals surface area contributed by atoms with Gasteiger partial charge in [0.1, 0.15) is 4.70 Å². The number of fused-ring (bicyclic) bond motifs is 1. The minimum absolute atomic E-state index is 0.138. The van der Waals surface area contributed by atoms with Gasteiger partial charge in [0.25, 0.3) is 5.56 Å². The molecule has 1 aromatic carbocycles. The maximum absolute atomic E-state index is 11.9. The lowest BCUT2D eigenvalue weighted by molar-refractivity contribution is 1.18. The maximum atomic E-state index is 11.9. The highest BCUT2D eigenvalue weighted by Gasteiger charge is 2.17. The molecule has 0 aliphatic rings. The summed E-state index contributed by atoms with van der Waals surface area (Å²) in [5.41, 5.74) is 2.51. The topological polar surface area (TPSA) is 69.5 Å². The summed E-state index contributed by atoms with van der Waals surface area (Å²) in [7, 11) is 0. The molecular formula is C14H9N3OS2. The first-order chi connectivity index (χ1) is 9.81. The van der Waals surface area contributed by atoms with Crippen LogP contribution in [0.25, 0.3) is 21.3 Å². The van der Waals surface area contributed by atoms with Crippen LogP contribution in [0.3, 0.4) is 0 Å². The molecule has 0 bridgehead atoms. The van der Waals surface area contributed by atoms with Crippen molar-refractivity contribution in [1.29, 1.82) is 5.26 Å². The number of thioether (sulfide) groups is 1. The number of hydrogen-bond acceptors (Lipinski definition) is 5. The number of benzene rings is 1. The van der Waals surface area contributed by atoms with Gasteiger partial charge >= 0.3 is 0 Å². The second-order valence-corrected chi connectivity index (χ2v) is 6.25. The molecule has 98 valence electrons. The van der Waals surface area contributed by atoms with Crippen LogP contribution in [0.15, 0.2) is 45.7 Å². The number of aromatic amines is 1. The third-order valence-corrected chi connectivity index (χ3v) is 5.09. The van der Waals surface area contributed by atoms with Crippen LogP contribution in [0, 0.1) is 11.3 Å². The van der Waals surface area contributed by atoms with Crippen molar-refractivity contribution < 1.29 is 0 Å². The quantitative estimate of drug-likeness (QED) is 0.754. The molecule has 0 aliphatic heterocycles. The maximum Gasteiger partial charge on any atom is 0.268 e. The van der Waals surface area contributed by atoms with Crippen molar-refractivity contribution in [2.24, 2.45) is 0 Å². The molecule has 2 aromatic heterocycles. The summed E-state index contributed by atoms with van der Waals surface area (Å²) in [6.45, 7) is 0. The monoisotopic (exact) mass is 299 g/mol. The van der Waals surface area contributed by atoms with Crippen LogP contribution in [0.4, 0.5) is 0 Å². The number of aromatic nitrogens is 2. The highest BCUT2D eigenvalue weighted by Crippen LogP contribution is 2.41. The Bertz CT molecular complexity index is 846. The lowest BCUT2D eigenvalue weighted by Crippen LogP contribution is -2.03. The molecule has 3 rings (SSSR count). The van der Waals surface area contributed by atoms with Crippen LogP contribution < -0.4 is 5.56 Å². The van der Waals surface area contributed by atoms with Crippen LogP contribution in [0.2, 0.25) is 0 Å². The fraction of sp³-hybridized carbons (Fsp3) is 0.0714. The van der Waals surface area contributed by atoms with Gasteiger partial charge in [0.05, 0.1) is 27.9 Å². The van der Waals surface area contributed by atoms with Crippen LogP contribution in [-0.2, 0) is 0 Å². The number of hydrogen-bond donors (Lipinski definition) is 1. The van der Waals surface area contributed by atoms with Crippen LogP contribution in [0.5, 0.6) is 0 Å². The minimum atomic E-state index is -0.138. The summed E-state index contributed by atoms with van der Waals surface area (Å²) >= 11 is 2.83. The van der Waals surface area contributed by atoms with Crippen LogP contribution in [0.1, 0.15) is 0 Å². The first-order valence-electron chi connectivity index (χ1n) is 5.86. The SMILES string of the molecule is N#CCSc1sc2c(=O)[nH]cnc2c1-c1ccccc1. The number of nitriles is 1. The Morgan fingerprint density at radius 2 is 2.15 bits per heavy atom. The second kappa shape index (κ2) is 5.49. The zero-order valence-electron chi connectivity index (χ0n) is 10.3. The summed E-state index contributed by atoms with van der Waals surface area (Å²) in [6, 6.07) is 11.9. The highest BCUT2D eigenvalue weighted by atomic mass is 32.2. The first kappa shape index (κ1) is 12.9. The van der Waals surface area contributed by atoms with Crippen molar-refractivity contribution in [2.45, 2.75) is 4.21 Å². The van der Waals surface area contributed by atoms with E-state index in [9.17, 15) is 4.79 Å². The third-order valence-electron chi connectivity index (χ3n) is 2.78. The van der Waals surface area contributed by atoms with Crippen molar-refractivity contribution in [3.05, 3.63) is 47.0 Å². The summed E-state index contributed by atoms with van der Waals surface area (Å²) in [6.07, 6.45) is 1.42. The number of nitrogens with one attached hydrogen (secondary N) is 1. The number of rotatable bonds is 3. The minimum Gasteiger partial charge on any atom is -0.312 e. The number of thiophene rings is 1. The van der Waals surface area contributed by atoms with Gasteiger partial charge in [-0.25, -0.2) is 4.98 Å². The van der Waals surface area contributed by atoms with Gasteiger partial charge in [-0.2, -0.15) is 5.26 Å². The molecular weight excluding hydrogens is 290 g/mol. The molecule has 1 N–H and O–H groups in total. The summed E-state index contributed by atoms with van der Waals surface area (Å²) in [5.74, 6) is 0.352. The molecule has 0 saturated carbocycles. The fourth-order valence-corrected chi connectivity index (χ4v) is 4.08. The van der Waals surface area contributed by atoms with Gasteiger partial charge in [-0.1, -0.05) is 42.1 Å². The number of H-pyrrole nitrogens is 1. The van der Waals surface area contributed by atoms with E-state index in [0.29, 0.717) is 16.0 Å². The van der Waals surface area contributed by atoms with E-state index in [0.717, 1.165) is 15.3 Å². The van der Waals surface area contributed by atoms with Crippen molar-refractivity contribution in [3.63, 3.8) is 0 Å². The Labute approximate surface area is 123 Å². The predicted octanol–water partition coefficient (Wildman–Crippen LogP) is 3.27. The standard InChI is InChI=1S/C14H9N3OS2/c15-6-7-19-14-10(9-4-2-1-3-5-9)11-12(20-14)13(18)17-8-16-11/h1-5,8H,7H2,(H,16,17,18). The third kappa shape index (κ3) is 2.22. The van der Waals surface area contributed by atoms with Gasteiger partial charge in [-0.3, -0.25) is 4.79 Å². The van der Waals surface area contributed by atoms with E-state index in [4.69, 9.17) is 5.26 Å². The van der Waals surface area contributed by atoms with E-state index in [1.807, 2.05) is 30.3 Å². The lowest BCUT2D eigenvalue weighted by Gasteiger charge is -2.02. The second-order valence-electron chi connectivity index (χ2n) is 3.99. The zero-order chi connectivity index (χ0) is 13.9. The van der Waals surface area contributed by atoms with E-state index in [2.05, 4.69) is 16.0 Å². The molecule has 6 heteroatoms. The Kier molecular flexibility index (Phi) is 3.54. The molecule has 0 saturated heterocycles.